The summed E-state index contributed by atoms with van der Waals surface area (Å²) in [5.41, 5.74) is 8.88. The molecule has 1 aliphatic heterocycles. The van der Waals surface area contributed by atoms with Crippen LogP contribution in [0.25, 0.3) is 0 Å². The molecule has 3 unspecified atom stereocenters. The van der Waals surface area contributed by atoms with E-state index in [-0.39, 0.29) is 6.04 Å². The second kappa shape index (κ2) is 3.59. The molecule has 0 radical (unpaired) electrons. The quantitative estimate of drug-likeness (QED) is 0.707. The van der Waals surface area contributed by atoms with Crippen molar-refractivity contribution in [3.05, 3.63) is 29.3 Å². The normalized spacial score (nSPS) is 31.3. The average Bonchev–Trinajstić information content (AvgIpc) is 2.16. The molecule has 0 saturated carbocycles. The first-order valence-corrected chi connectivity index (χ1v) is 6.00. The molecule has 0 aromatic heterocycles. The highest BCUT2D eigenvalue weighted by Gasteiger charge is 2.29. The zero-order valence-electron chi connectivity index (χ0n) is 8.95. The van der Waals surface area contributed by atoms with Gasteiger partial charge in [-0.2, -0.15) is 0 Å². The molecular weight excluding hydrogens is 190 g/mol. The Morgan fingerprint density at radius 2 is 2.00 bits per heavy atom. The van der Waals surface area contributed by atoms with Gasteiger partial charge in [-0.05, 0) is 24.5 Å². The lowest BCUT2D eigenvalue weighted by Gasteiger charge is -2.33. The lowest BCUT2D eigenvalue weighted by Crippen LogP contribution is -2.29. The van der Waals surface area contributed by atoms with E-state index >= 15 is 0 Å². The van der Waals surface area contributed by atoms with Crippen molar-refractivity contribution in [3.63, 3.8) is 0 Å². The van der Waals surface area contributed by atoms with Gasteiger partial charge >= 0.3 is 0 Å². The van der Waals surface area contributed by atoms with Gasteiger partial charge in [0.2, 0.25) is 0 Å². The molecule has 1 aromatic carbocycles. The van der Waals surface area contributed by atoms with Crippen molar-refractivity contribution < 1.29 is 0 Å². The summed E-state index contributed by atoms with van der Waals surface area (Å²) in [6.45, 7) is 6.63. The highest BCUT2D eigenvalue weighted by molar-refractivity contribution is 8.00. The van der Waals surface area contributed by atoms with Crippen LogP contribution in [-0.2, 0) is 0 Å². The average molecular weight is 207 g/mol. The summed E-state index contributed by atoms with van der Waals surface area (Å²) >= 11 is 1.95. The topological polar surface area (TPSA) is 26.0 Å². The van der Waals surface area contributed by atoms with E-state index in [1.807, 2.05) is 11.8 Å². The number of thioether (sulfide) groups is 1. The van der Waals surface area contributed by atoms with Crippen LogP contribution >= 0.6 is 11.8 Å². The molecule has 0 saturated heterocycles. The summed E-state index contributed by atoms with van der Waals surface area (Å²) in [5, 5.41) is 0.625. The molecule has 2 heteroatoms. The zero-order valence-corrected chi connectivity index (χ0v) is 9.77. The van der Waals surface area contributed by atoms with E-state index in [1.165, 1.54) is 16.0 Å². The summed E-state index contributed by atoms with van der Waals surface area (Å²) in [7, 11) is 0. The van der Waals surface area contributed by atoms with Gasteiger partial charge in [0.25, 0.3) is 0 Å². The molecule has 0 fully saturated rings. The summed E-state index contributed by atoms with van der Waals surface area (Å²) in [5.74, 6) is 0.564. The molecule has 0 aliphatic carbocycles. The molecule has 3 atom stereocenters. The number of nitrogens with two attached hydrogens (primary N) is 1. The Bertz CT molecular complexity index is 348. The fourth-order valence-corrected chi connectivity index (χ4v) is 3.18. The fourth-order valence-electron chi connectivity index (χ4n) is 1.92. The molecule has 0 spiro atoms. The van der Waals surface area contributed by atoms with Gasteiger partial charge in [-0.3, -0.25) is 0 Å². The maximum atomic E-state index is 6.24. The van der Waals surface area contributed by atoms with Crippen molar-refractivity contribution in [1.82, 2.24) is 0 Å². The molecule has 1 heterocycles. The first kappa shape index (κ1) is 10.1. The van der Waals surface area contributed by atoms with Gasteiger partial charge in [0, 0.05) is 16.2 Å². The minimum atomic E-state index is 0.209. The summed E-state index contributed by atoms with van der Waals surface area (Å²) in [6, 6.07) is 6.81. The third-order valence-electron chi connectivity index (χ3n) is 3.14. The predicted molar refractivity (Wildman–Crippen MR) is 62.6 cm³/mol. The van der Waals surface area contributed by atoms with E-state index in [9.17, 15) is 0 Å². The van der Waals surface area contributed by atoms with Gasteiger partial charge in [0.15, 0.2) is 0 Å². The van der Waals surface area contributed by atoms with Gasteiger partial charge < -0.3 is 5.73 Å². The second-order valence-corrected chi connectivity index (χ2v) is 5.67. The number of hydrogen-bond donors (Lipinski definition) is 1. The Morgan fingerprint density at radius 1 is 1.29 bits per heavy atom. The number of aryl methyl sites for hydroxylation is 1. The van der Waals surface area contributed by atoms with E-state index in [2.05, 4.69) is 39.0 Å². The molecule has 2 rings (SSSR count). The Kier molecular flexibility index (Phi) is 2.58. The van der Waals surface area contributed by atoms with E-state index in [0.717, 1.165) is 0 Å². The SMILES string of the molecule is Cc1ccc2c(c1)C(N)C(C)C(C)S2. The van der Waals surface area contributed by atoms with Crippen LogP contribution in [0.5, 0.6) is 0 Å². The highest BCUT2D eigenvalue weighted by atomic mass is 32.2. The van der Waals surface area contributed by atoms with Crippen molar-refractivity contribution >= 4 is 11.8 Å². The molecule has 0 bridgehead atoms. The number of benzene rings is 1. The minimum absolute atomic E-state index is 0.209. The number of hydrogen-bond acceptors (Lipinski definition) is 2. The van der Waals surface area contributed by atoms with Gasteiger partial charge in [-0.25, -0.2) is 0 Å². The smallest absolute Gasteiger partial charge is 0.0342 e. The highest BCUT2D eigenvalue weighted by Crippen LogP contribution is 2.43. The monoisotopic (exact) mass is 207 g/mol. The number of fused-ring (bicyclic) bond motifs is 1. The maximum absolute atomic E-state index is 6.24. The van der Waals surface area contributed by atoms with E-state index in [0.29, 0.717) is 11.2 Å². The first-order valence-electron chi connectivity index (χ1n) is 5.12. The fraction of sp³-hybridized carbons (Fsp3) is 0.500. The van der Waals surface area contributed by atoms with Crippen LogP contribution in [0.1, 0.15) is 31.0 Å². The third-order valence-corrected chi connectivity index (χ3v) is 4.57. The van der Waals surface area contributed by atoms with Crippen LogP contribution < -0.4 is 5.73 Å². The van der Waals surface area contributed by atoms with Crippen molar-refractivity contribution in [2.45, 2.75) is 37.0 Å². The maximum Gasteiger partial charge on any atom is 0.0342 e. The van der Waals surface area contributed by atoms with Gasteiger partial charge in [-0.15, -0.1) is 11.8 Å². The van der Waals surface area contributed by atoms with Crippen LogP contribution in [0.15, 0.2) is 23.1 Å². The molecule has 1 aromatic rings. The van der Waals surface area contributed by atoms with Crippen LogP contribution in [-0.4, -0.2) is 5.25 Å². The van der Waals surface area contributed by atoms with Crippen molar-refractivity contribution in [2.75, 3.05) is 0 Å². The lowest BCUT2D eigenvalue weighted by molar-refractivity contribution is 0.452. The third kappa shape index (κ3) is 1.57. The second-order valence-electron chi connectivity index (χ2n) is 4.25. The van der Waals surface area contributed by atoms with Crippen LogP contribution in [0.2, 0.25) is 0 Å². The lowest BCUT2D eigenvalue weighted by atomic mass is 9.91. The van der Waals surface area contributed by atoms with E-state index in [1.54, 1.807) is 0 Å². The van der Waals surface area contributed by atoms with Crippen LogP contribution in [0.4, 0.5) is 0 Å². The van der Waals surface area contributed by atoms with Crippen molar-refractivity contribution in [1.29, 1.82) is 0 Å². The molecular formula is C12H17NS. The standard InChI is InChI=1S/C12H17NS/c1-7-4-5-11-10(6-7)12(13)8(2)9(3)14-11/h4-6,8-9,12H,13H2,1-3H3. The summed E-state index contributed by atoms with van der Waals surface area (Å²) in [4.78, 5) is 1.37. The van der Waals surface area contributed by atoms with Gasteiger partial charge in [0.05, 0.1) is 0 Å². The van der Waals surface area contributed by atoms with Crippen LogP contribution in [0, 0.1) is 12.8 Å². The predicted octanol–water partition coefficient (Wildman–Crippen LogP) is 3.13. The van der Waals surface area contributed by atoms with E-state index in [4.69, 9.17) is 5.73 Å². The molecule has 2 N–H and O–H groups in total. The molecule has 1 nitrogen and oxygen atoms in total. The zero-order chi connectivity index (χ0) is 10.3. The Labute approximate surface area is 90.1 Å². The molecule has 0 amide bonds. The molecule has 1 aliphatic rings. The van der Waals surface area contributed by atoms with Crippen LogP contribution in [0.3, 0.4) is 0 Å². The first-order chi connectivity index (χ1) is 6.59. The minimum Gasteiger partial charge on any atom is -0.324 e. The summed E-state index contributed by atoms with van der Waals surface area (Å²) < 4.78 is 0. The largest absolute Gasteiger partial charge is 0.324 e. The molecule has 14 heavy (non-hydrogen) atoms. The van der Waals surface area contributed by atoms with Crippen molar-refractivity contribution in [3.8, 4) is 0 Å². The molecule has 76 valence electrons. The van der Waals surface area contributed by atoms with E-state index < -0.39 is 0 Å². The van der Waals surface area contributed by atoms with Gasteiger partial charge in [-0.1, -0.05) is 31.5 Å². The Balaban J connectivity index is 2.46. The summed E-state index contributed by atoms with van der Waals surface area (Å²) in [6.07, 6.45) is 0. The van der Waals surface area contributed by atoms with Gasteiger partial charge in [0.1, 0.15) is 0 Å². The Morgan fingerprint density at radius 3 is 2.71 bits per heavy atom. The Hall–Kier alpha value is -0.470. The number of rotatable bonds is 0. The van der Waals surface area contributed by atoms with Crippen molar-refractivity contribution in [2.24, 2.45) is 11.7 Å².